The Balaban J connectivity index is 1.49. The minimum Gasteiger partial charge on any atom is -0.493 e. The van der Waals surface area contributed by atoms with Crippen LogP contribution in [-0.2, 0) is 6.54 Å². The van der Waals surface area contributed by atoms with Crippen LogP contribution in [0.1, 0.15) is 36.4 Å². The Morgan fingerprint density at radius 3 is 2.55 bits per heavy atom. The molecule has 0 aliphatic rings. The van der Waals surface area contributed by atoms with Crippen molar-refractivity contribution >= 4 is 22.6 Å². The molecule has 3 aromatic carbocycles. The maximum atomic E-state index is 6.16. The predicted molar refractivity (Wildman–Crippen MR) is 126 cm³/mol. The summed E-state index contributed by atoms with van der Waals surface area (Å²) in [6, 6.07) is 21.8. The van der Waals surface area contributed by atoms with Crippen LogP contribution in [0.3, 0.4) is 0 Å². The SMILES string of the molecule is Cc1cccc(OCCCn2c(C(C)Oc3ccc(Cl)cc3)nc3ccccc32)c1C. The predicted octanol–water partition coefficient (Wildman–Crippen LogP) is 6.92. The molecule has 0 saturated carbocycles. The van der Waals surface area contributed by atoms with Crippen LogP contribution in [0.15, 0.2) is 66.7 Å². The van der Waals surface area contributed by atoms with E-state index in [-0.39, 0.29) is 6.10 Å². The van der Waals surface area contributed by atoms with Crippen LogP contribution in [0, 0.1) is 13.8 Å². The molecule has 4 rings (SSSR count). The van der Waals surface area contributed by atoms with E-state index in [0.29, 0.717) is 11.6 Å². The lowest BCUT2D eigenvalue weighted by Gasteiger charge is -2.17. The van der Waals surface area contributed by atoms with Gasteiger partial charge in [0.1, 0.15) is 11.5 Å². The molecule has 0 fully saturated rings. The van der Waals surface area contributed by atoms with E-state index >= 15 is 0 Å². The Bertz CT molecular complexity index is 1170. The fourth-order valence-corrected chi connectivity index (χ4v) is 3.82. The quantitative estimate of drug-likeness (QED) is 0.282. The topological polar surface area (TPSA) is 36.3 Å². The third-order valence-corrected chi connectivity index (χ3v) is 5.76. The molecule has 5 heteroatoms. The van der Waals surface area contributed by atoms with Crippen molar-refractivity contribution in [2.75, 3.05) is 6.61 Å². The molecule has 0 bridgehead atoms. The molecule has 1 unspecified atom stereocenters. The van der Waals surface area contributed by atoms with Gasteiger partial charge in [0.05, 0.1) is 17.6 Å². The van der Waals surface area contributed by atoms with Crippen LogP contribution < -0.4 is 9.47 Å². The zero-order chi connectivity index (χ0) is 21.8. The lowest BCUT2D eigenvalue weighted by molar-refractivity contribution is 0.210. The zero-order valence-corrected chi connectivity index (χ0v) is 18.9. The average Bonchev–Trinajstić information content (AvgIpc) is 3.14. The summed E-state index contributed by atoms with van der Waals surface area (Å²) in [5.74, 6) is 2.63. The number of aromatic nitrogens is 2. The Morgan fingerprint density at radius 1 is 0.968 bits per heavy atom. The van der Waals surface area contributed by atoms with Crippen molar-refractivity contribution in [1.82, 2.24) is 9.55 Å². The van der Waals surface area contributed by atoms with Gasteiger partial charge in [-0.2, -0.15) is 0 Å². The number of benzene rings is 3. The first-order valence-electron chi connectivity index (χ1n) is 10.6. The first kappa shape index (κ1) is 21.3. The molecule has 0 saturated heterocycles. The van der Waals surface area contributed by atoms with Gasteiger partial charge < -0.3 is 14.0 Å². The normalized spacial score (nSPS) is 12.1. The number of para-hydroxylation sites is 2. The monoisotopic (exact) mass is 434 g/mol. The molecule has 4 nitrogen and oxygen atoms in total. The molecule has 0 N–H and O–H groups in total. The number of halogens is 1. The van der Waals surface area contributed by atoms with Gasteiger partial charge in [-0.05, 0) is 80.8 Å². The Labute approximate surface area is 188 Å². The van der Waals surface area contributed by atoms with Crippen molar-refractivity contribution in [2.45, 2.75) is 39.8 Å². The minimum absolute atomic E-state index is 0.200. The van der Waals surface area contributed by atoms with E-state index in [2.05, 4.69) is 30.5 Å². The summed E-state index contributed by atoms with van der Waals surface area (Å²) in [6.45, 7) is 7.67. The van der Waals surface area contributed by atoms with Crippen molar-refractivity contribution in [3.8, 4) is 11.5 Å². The molecule has 0 aliphatic carbocycles. The Kier molecular flexibility index (Phi) is 6.47. The summed E-state index contributed by atoms with van der Waals surface area (Å²) in [7, 11) is 0. The zero-order valence-electron chi connectivity index (χ0n) is 18.1. The molecule has 0 amide bonds. The molecular formula is C26H27ClN2O2. The summed E-state index contributed by atoms with van der Waals surface area (Å²) >= 11 is 5.99. The number of hydrogen-bond acceptors (Lipinski definition) is 3. The number of fused-ring (bicyclic) bond motifs is 1. The smallest absolute Gasteiger partial charge is 0.153 e. The van der Waals surface area contributed by atoms with E-state index in [0.717, 1.165) is 41.3 Å². The van der Waals surface area contributed by atoms with Crippen LogP contribution in [0.5, 0.6) is 11.5 Å². The molecule has 1 heterocycles. The van der Waals surface area contributed by atoms with Gasteiger partial charge in [-0.15, -0.1) is 0 Å². The fourth-order valence-electron chi connectivity index (χ4n) is 3.69. The van der Waals surface area contributed by atoms with Gasteiger partial charge >= 0.3 is 0 Å². The highest BCUT2D eigenvalue weighted by molar-refractivity contribution is 6.30. The number of hydrogen-bond donors (Lipinski definition) is 0. The molecule has 0 radical (unpaired) electrons. The van der Waals surface area contributed by atoms with Gasteiger partial charge in [0, 0.05) is 11.6 Å². The van der Waals surface area contributed by atoms with Crippen LogP contribution >= 0.6 is 11.6 Å². The third-order valence-electron chi connectivity index (χ3n) is 5.51. The number of ether oxygens (including phenoxy) is 2. The third kappa shape index (κ3) is 4.86. The fraction of sp³-hybridized carbons (Fsp3) is 0.269. The lowest BCUT2D eigenvalue weighted by Crippen LogP contribution is -2.13. The van der Waals surface area contributed by atoms with Crippen LogP contribution in [0.25, 0.3) is 11.0 Å². The van der Waals surface area contributed by atoms with E-state index in [4.69, 9.17) is 26.1 Å². The molecule has 1 aromatic heterocycles. The van der Waals surface area contributed by atoms with Crippen LogP contribution in [0.4, 0.5) is 0 Å². The summed E-state index contributed by atoms with van der Waals surface area (Å²) < 4.78 is 14.5. The Hall–Kier alpha value is -2.98. The van der Waals surface area contributed by atoms with Crippen LogP contribution in [0.2, 0.25) is 5.02 Å². The standard InChI is InChI=1S/C26H27ClN2O2/c1-18-8-6-11-25(19(18)2)30-17-7-16-29-24-10-5-4-9-23(24)28-26(29)20(3)31-22-14-12-21(27)13-15-22/h4-6,8-15,20H,7,16-17H2,1-3H3. The lowest BCUT2D eigenvalue weighted by atomic mass is 10.1. The molecule has 1 atom stereocenters. The number of nitrogens with zero attached hydrogens (tertiary/aromatic N) is 2. The summed E-state index contributed by atoms with van der Waals surface area (Å²) in [5, 5.41) is 0.691. The van der Waals surface area contributed by atoms with E-state index in [9.17, 15) is 0 Å². The second-order valence-electron chi connectivity index (χ2n) is 7.72. The highest BCUT2D eigenvalue weighted by Crippen LogP contribution is 2.27. The molecular weight excluding hydrogens is 408 g/mol. The van der Waals surface area contributed by atoms with Crippen molar-refractivity contribution in [3.05, 3.63) is 88.7 Å². The summed E-state index contributed by atoms with van der Waals surface area (Å²) in [5.41, 5.74) is 4.52. The first-order chi connectivity index (χ1) is 15.0. The number of rotatable bonds is 8. The highest BCUT2D eigenvalue weighted by Gasteiger charge is 2.18. The van der Waals surface area contributed by atoms with Crippen LogP contribution in [-0.4, -0.2) is 16.2 Å². The first-order valence-corrected chi connectivity index (χ1v) is 11.0. The molecule has 0 spiro atoms. The molecule has 0 aliphatic heterocycles. The Morgan fingerprint density at radius 2 is 1.74 bits per heavy atom. The second kappa shape index (κ2) is 9.44. The second-order valence-corrected chi connectivity index (χ2v) is 8.16. The van der Waals surface area contributed by atoms with E-state index in [1.807, 2.05) is 61.5 Å². The van der Waals surface area contributed by atoms with Crippen molar-refractivity contribution in [2.24, 2.45) is 0 Å². The summed E-state index contributed by atoms with van der Waals surface area (Å²) in [4.78, 5) is 4.86. The van der Waals surface area contributed by atoms with E-state index in [1.54, 1.807) is 0 Å². The van der Waals surface area contributed by atoms with Gasteiger partial charge in [-0.3, -0.25) is 0 Å². The molecule has 4 aromatic rings. The van der Waals surface area contributed by atoms with Gasteiger partial charge in [-0.1, -0.05) is 35.9 Å². The highest BCUT2D eigenvalue weighted by atomic mass is 35.5. The van der Waals surface area contributed by atoms with E-state index < -0.39 is 0 Å². The van der Waals surface area contributed by atoms with Gasteiger partial charge in [-0.25, -0.2) is 4.98 Å². The van der Waals surface area contributed by atoms with Crippen molar-refractivity contribution in [1.29, 1.82) is 0 Å². The average molecular weight is 435 g/mol. The minimum atomic E-state index is -0.200. The maximum Gasteiger partial charge on any atom is 0.153 e. The largest absolute Gasteiger partial charge is 0.493 e. The number of aryl methyl sites for hydroxylation is 2. The maximum absolute atomic E-state index is 6.16. The van der Waals surface area contributed by atoms with Gasteiger partial charge in [0.25, 0.3) is 0 Å². The van der Waals surface area contributed by atoms with E-state index in [1.165, 1.54) is 11.1 Å². The van der Waals surface area contributed by atoms with Gasteiger partial charge in [0.15, 0.2) is 11.9 Å². The number of imidazole rings is 1. The van der Waals surface area contributed by atoms with Crippen molar-refractivity contribution < 1.29 is 9.47 Å². The molecule has 160 valence electrons. The molecule has 31 heavy (non-hydrogen) atoms. The summed E-state index contributed by atoms with van der Waals surface area (Å²) in [6.07, 6.45) is 0.669. The van der Waals surface area contributed by atoms with Gasteiger partial charge in [0.2, 0.25) is 0 Å². The van der Waals surface area contributed by atoms with Crippen molar-refractivity contribution in [3.63, 3.8) is 0 Å².